The summed E-state index contributed by atoms with van der Waals surface area (Å²) in [5, 5.41) is 0. The van der Waals surface area contributed by atoms with Gasteiger partial charge in [0, 0.05) is 0 Å². The molecular formula is C31H40Cl2Zr-2. The fourth-order valence-corrected chi connectivity index (χ4v) is 3.75. The Balaban J connectivity index is 0.000000702. The smallest absolute Gasteiger partial charge is 0.0635 e. The summed E-state index contributed by atoms with van der Waals surface area (Å²) >= 11 is 1.55. The van der Waals surface area contributed by atoms with Crippen LogP contribution in [-0.4, -0.2) is 3.21 Å². The molecule has 1 aliphatic rings. The van der Waals surface area contributed by atoms with E-state index in [2.05, 4.69) is 124 Å². The van der Waals surface area contributed by atoms with Gasteiger partial charge in [0.25, 0.3) is 0 Å². The first kappa shape index (κ1) is 33.1. The fourth-order valence-electron chi connectivity index (χ4n) is 3.75. The van der Waals surface area contributed by atoms with E-state index >= 15 is 0 Å². The Morgan fingerprint density at radius 1 is 0.853 bits per heavy atom. The van der Waals surface area contributed by atoms with Crippen molar-refractivity contribution in [3.8, 4) is 11.1 Å². The minimum atomic E-state index is 0. The molecule has 1 aliphatic carbocycles. The molecule has 0 heterocycles. The van der Waals surface area contributed by atoms with Gasteiger partial charge in [-0.05, 0) is 28.4 Å². The summed E-state index contributed by atoms with van der Waals surface area (Å²) < 4.78 is 1.51. The van der Waals surface area contributed by atoms with E-state index in [1.54, 1.807) is 24.2 Å². The summed E-state index contributed by atoms with van der Waals surface area (Å²) in [6.07, 6.45) is 1.03. The summed E-state index contributed by atoms with van der Waals surface area (Å²) in [5.74, 6) is 0. The standard InChI is InChI=1S/C21H25.C7H9.C3H6.2ClH.Zr/c1-20(2,3)16-7-9-18-14(12-16)11-15-13-17(21(4,5)6)8-10-19(15)18;1-6-3-4-7(2)5-6;1-3-2;;;/h7-10,12H,11H2,1-6H3;3-5H,1-2H3;1-2H3;2*1H;/q2*-1;;;;+2/p-2. The fraction of sp³-hybridized carbons (Fsp3) is 0.419. The van der Waals surface area contributed by atoms with Crippen molar-refractivity contribution in [2.75, 3.05) is 0 Å². The minimum Gasteiger partial charge on any atom is -1.00 e. The Kier molecular flexibility index (Phi) is 13.1. The Morgan fingerprint density at radius 2 is 1.41 bits per heavy atom. The molecule has 3 aromatic rings. The second kappa shape index (κ2) is 13.4. The Hall–Kier alpha value is -0.877. The summed E-state index contributed by atoms with van der Waals surface area (Å²) in [6, 6.07) is 21.6. The van der Waals surface area contributed by atoms with Gasteiger partial charge >= 0.3 is 41.3 Å². The maximum atomic E-state index is 3.67. The molecule has 0 fully saturated rings. The summed E-state index contributed by atoms with van der Waals surface area (Å²) in [4.78, 5) is 0. The molecule has 0 aliphatic heterocycles. The monoisotopic (exact) mass is 572 g/mol. The van der Waals surface area contributed by atoms with E-state index in [9.17, 15) is 0 Å². The average molecular weight is 575 g/mol. The number of benzene rings is 2. The van der Waals surface area contributed by atoms with Gasteiger partial charge in [-0.2, -0.15) is 41.5 Å². The van der Waals surface area contributed by atoms with Crippen LogP contribution in [0.5, 0.6) is 0 Å². The maximum absolute atomic E-state index is 3.67. The normalized spacial score (nSPS) is 11.4. The van der Waals surface area contributed by atoms with Crippen LogP contribution in [0.4, 0.5) is 0 Å². The Bertz CT molecular complexity index is 994. The average Bonchev–Trinajstić information content (AvgIpc) is 3.21. The van der Waals surface area contributed by atoms with Crippen molar-refractivity contribution in [3.63, 3.8) is 0 Å². The van der Waals surface area contributed by atoms with E-state index in [-0.39, 0.29) is 35.6 Å². The molecule has 0 saturated carbocycles. The number of fused-ring (bicyclic) bond motifs is 3. The van der Waals surface area contributed by atoms with Crippen LogP contribution < -0.4 is 24.8 Å². The van der Waals surface area contributed by atoms with E-state index in [0.29, 0.717) is 0 Å². The molecule has 0 spiro atoms. The van der Waals surface area contributed by atoms with E-state index < -0.39 is 0 Å². The van der Waals surface area contributed by atoms with Crippen LogP contribution in [0.25, 0.3) is 11.1 Å². The second-order valence-corrected chi connectivity index (χ2v) is 13.7. The maximum Gasteiger partial charge on any atom is -0.0635 e. The van der Waals surface area contributed by atoms with Gasteiger partial charge < -0.3 is 24.8 Å². The SMILES string of the molecule is CC(C)(C)c1[c-]c2c(cc1)-c1ccc(C(C)(C)C)cc1C2.C[C](C)=[Zr+2].Cc1c[cH-]c(C)c1.[Cl-].[Cl-]. The van der Waals surface area contributed by atoms with Gasteiger partial charge in [-0.15, -0.1) is 11.1 Å². The third-order valence-electron chi connectivity index (χ3n) is 5.53. The van der Waals surface area contributed by atoms with Crippen LogP contribution in [0.1, 0.15) is 88.8 Å². The third kappa shape index (κ3) is 9.64. The molecule has 184 valence electrons. The Morgan fingerprint density at radius 3 is 1.82 bits per heavy atom. The van der Waals surface area contributed by atoms with Crippen molar-refractivity contribution in [1.82, 2.24) is 0 Å². The van der Waals surface area contributed by atoms with Crippen molar-refractivity contribution >= 4 is 3.21 Å². The molecule has 4 rings (SSSR count). The van der Waals surface area contributed by atoms with Gasteiger partial charge in [-0.3, -0.25) is 0 Å². The quantitative estimate of drug-likeness (QED) is 0.283. The topological polar surface area (TPSA) is 0 Å². The Labute approximate surface area is 236 Å². The van der Waals surface area contributed by atoms with Crippen molar-refractivity contribution in [2.24, 2.45) is 0 Å². The van der Waals surface area contributed by atoms with Crippen LogP contribution in [0.3, 0.4) is 0 Å². The van der Waals surface area contributed by atoms with E-state index in [1.807, 2.05) is 0 Å². The molecule has 0 amide bonds. The molecule has 0 atom stereocenters. The molecule has 0 aromatic heterocycles. The zero-order valence-corrected chi connectivity index (χ0v) is 26.6. The van der Waals surface area contributed by atoms with Crippen LogP contribution >= 0.6 is 0 Å². The van der Waals surface area contributed by atoms with Crippen LogP contribution in [0.15, 0.2) is 48.5 Å². The third-order valence-corrected chi connectivity index (χ3v) is 5.53. The minimum absolute atomic E-state index is 0. The van der Waals surface area contributed by atoms with E-state index in [1.165, 1.54) is 47.7 Å². The molecule has 0 unspecified atom stereocenters. The number of hydrogen-bond donors (Lipinski definition) is 0. The molecule has 3 aromatic carbocycles. The van der Waals surface area contributed by atoms with Gasteiger partial charge in [0.2, 0.25) is 0 Å². The van der Waals surface area contributed by atoms with Crippen molar-refractivity contribution in [1.29, 1.82) is 0 Å². The molecule has 0 saturated heterocycles. The van der Waals surface area contributed by atoms with Gasteiger partial charge in [0.1, 0.15) is 0 Å². The van der Waals surface area contributed by atoms with Crippen molar-refractivity contribution < 1.29 is 49.0 Å². The van der Waals surface area contributed by atoms with E-state index in [4.69, 9.17) is 0 Å². The van der Waals surface area contributed by atoms with Crippen molar-refractivity contribution in [2.45, 2.75) is 86.5 Å². The van der Waals surface area contributed by atoms with Gasteiger partial charge in [0.05, 0.1) is 0 Å². The van der Waals surface area contributed by atoms with Crippen molar-refractivity contribution in [3.05, 3.63) is 88.0 Å². The number of hydrogen-bond acceptors (Lipinski definition) is 0. The molecule has 0 N–H and O–H groups in total. The zero-order valence-electron chi connectivity index (χ0n) is 22.6. The summed E-state index contributed by atoms with van der Waals surface area (Å²) in [6.45, 7) is 22.1. The van der Waals surface area contributed by atoms with Gasteiger partial charge in [-0.25, -0.2) is 11.6 Å². The van der Waals surface area contributed by atoms with Gasteiger partial charge in [-0.1, -0.05) is 79.2 Å². The van der Waals surface area contributed by atoms with Crippen LogP contribution in [0, 0.1) is 19.9 Å². The molecule has 34 heavy (non-hydrogen) atoms. The zero-order chi connectivity index (χ0) is 24.3. The molecule has 0 nitrogen and oxygen atoms in total. The number of rotatable bonds is 0. The first-order valence-electron chi connectivity index (χ1n) is 11.6. The molecule has 0 radical (unpaired) electrons. The molecule has 0 bridgehead atoms. The van der Waals surface area contributed by atoms with Crippen LogP contribution in [-0.2, 0) is 41.5 Å². The number of aryl methyl sites for hydroxylation is 2. The molecule has 3 heteroatoms. The number of halogens is 2. The summed E-state index contributed by atoms with van der Waals surface area (Å²) in [5.41, 5.74) is 11.4. The molecular weight excluding hydrogens is 534 g/mol. The predicted molar refractivity (Wildman–Crippen MR) is 139 cm³/mol. The predicted octanol–water partition coefficient (Wildman–Crippen LogP) is 2.43. The first-order chi connectivity index (χ1) is 14.7. The van der Waals surface area contributed by atoms with Gasteiger partial charge in [0.15, 0.2) is 0 Å². The largest absolute Gasteiger partial charge is 1.00 e. The first-order valence-corrected chi connectivity index (χ1v) is 12.8. The summed E-state index contributed by atoms with van der Waals surface area (Å²) in [7, 11) is 0. The van der Waals surface area contributed by atoms with Crippen LogP contribution in [0.2, 0.25) is 0 Å². The van der Waals surface area contributed by atoms with E-state index in [0.717, 1.165) is 6.42 Å². The second-order valence-electron chi connectivity index (χ2n) is 11.3.